The number of ether oxygens (including phenoxy) is 2. The summed E-state index contributed by atoms with van der Waals surface area (Å²) in [5.41, 5.74) is 1.70. The third-order valence-corrected chi connectivity index (χ3v) is 4.46. The van der Waals surface area contributed by atoms with E-state index in [0.717, 1.165) is 21.9 Å². The summed E-state index contributed by atoms with van der Waals surface area (Å²) in [5.74, 6) is -0.800. The molecule has 0 aromatic heterocycles. The lowest BCUT2D eigenvalue weighted by molar-refractivity contribution is -0.147. The summed E-state index contributed by atoms with van der Waals surface area (Å²) in [6, 6.07) is 19.6. The summed E-state index contributed by atoms with van der Waals surface area (Å²) in [6.45, 7) is -2.89. The van der Waals surface area contributed by atoms with Crippen LogP contribution in [0.25, 0.3) is 10.8 Å². The molecule has 156 valence electrons. The fraction of sp³-hybridized carbons (Fsp3) is 0.217. The van der Waals surface area contributed by atoms with Gasteiger partial charge in [-0.05, 0) is 40.5 Å². The number of hydrogen-bond donors (Lipinski definition) is 1. The Morgan fingerprint density at radius 1 is 0.933 bits per heavy atom. The molecule has 3 aromatic carbocycles. The van der Waals surface area contributed by atoms with Gasteiger partial charge in [0.2, 0.25) is 0 Å². The molecule has 0 bridgehead atoms. The molecule has 0 radical (unpaired) electrons. The Labute approximate surface area is 172 Å². The van der Waals surface area contributed by atoms with Gasteiger partial charge in [0.15, 0.2) is 6.61 Å². The molecule has 0 atom stereocenters. The van der Waals surface area contributed by atoms with E-state index in [1.54, 1.807) is 12.1 Å². The van der Waals surface area contributed by atoms with Gasteiger partial charge in [-0.1, -0.05) is 54.6 Å². The highest BCUT2D eigenvalue weighted by Crippen LogP contribution is 2.19. The number of fused-ring (bicyclic) bond motifs is 1. The molecule has 0 aliphatic heterocycles. The molecule has 3 aromatic rings. The van der Waals surface area contributed by atoms with Crippen LogP contribution in [0, 0.1) is 0 Å². The zero-order valence-electron chi connectivity index (χ0n) is 16.1. The first-order chi connectivity index (χ1) is 14.5. The summed E-state index contributed by atoms with van der Waals surface area (Å²) in [4.78, 5) is 24.0. The van der Waals surface area contributed by atoms with Crippen molar-refractivity contribution in [3.63, 3.8) is 0 Å². The van der Waals surface area contributed by atoms with E-state index < -0.39 is 18.5 Å². The minimum Gasteiger partial charge on any atom is -0.455 e. The maximum atomic E-state index is 12.1. The van der Waals surface area contributed by atoms with Gasteiger partial charge in [0.25, 0.3) is 5.91 Å². The number of amides is 1. The van der Waals surface area contributed by atoms with E-state index in [9.17, 15) is 18.4 Å². The van der Waals surface area contributed by atoms with E-state index in [2.05, 4.69) is 10.1 Å². The largest absolute Gasteiger partial charge is 0.455 e. The van der Waals surface area contributed by atoms with Gasteiger partial charge in [0, 0.05) is 6.54 Å². The predicted octanol–water partition coefficient (Wildman–Crippen LogP) is 3.89. The topological polar surface area (TPSA) is 64.6 Å². The van der Waals surface area contributed by atoms with Crippen LogP contribution in [0.3, 0.4) is 0 Å². The lowest BCUT2D eigenvalue weighted by Crippen LogP contribution is -2.30. The van der Waals surface area contributed by atoms with Crippen LogP contribution < -0.4 is 10.1 Å². The van der Waals surface area contributed by atoms with Gasteiger partial charge in [-0.3, -0.25) is 9.59 Å². The molecule has 1 N–H and O–H groups in total. The molecule has 0 unspecified atom stereocenters. The van der Waals surface area contributed by atoms with Gasteiger partial charge < -0.3 is 14.8 Å². The molecule has 0 heterocycles. The van der Waals surface area contributed by atoms with Crippen molar-refractivity contribution in [1.29, 1.82) is 0 Å². The van der Waals surface area contributed by atoms with E-state index in [-0.39, 0.29) is 18.8 Å². The summed E-state index contributed by atoms with van der Waals surface area (Å²) in [7, 11) is 0. The Kier molecular flexibility index (Phi) is 7.32. The summed E-state index contributed by atoms with van der Waals surface area (Å²) in [5, 5.41) is 4.67. The van der Waals surface area contributed by atoms with Crippen LogP contribution in [0.15, 0.2) is 66.7 Å². The van der Waals surface area contributed by atoms with Crippen molar-refractivity contribution in [2.45, 2.75) is 19.5 Å². The van der Waals surface area contributed by atoms with Gasteiger partial charge in [-0.25, -0.2) is 0 Å². The van der Waals surface area contributed by atoms with Crippen molar-refractivity contribution in [2.24, 2.45) is 0 Å². The monoisotopic (exact) mass is 413 g/mol. The smallest absolute Gasteiger partial charge is 0.387 e. The van der Waals surface area contributed by atoms with E-state index in [1.165, 1.54) is 12.1 Å². The molecule has 0 saturated heterocycles. The van der Waals surface area contributed by atoms with E-state index in [0.29, 0.717) is 13.0 Å². The molecule has 3 rings (SSSR count). The normalized spacial score (nSPS) is 10.8. The standard InChI is InChI=1S/C23H21F2NO4/c24-23(25)30-19-10-8-16(9-11-19)12-13-26-21(27)15-29-22(28)14-18-6-3-5-17-4-1-2-7-20(17)18/h1-11,23H,12-15H2,(H,26,27). The molecule has 0 saturated carbocycles. The zero-order valence-corrected chi connectivity index (χ0v) is 16.1. The molecule has 0 aliphatic carbocycles. The van der Waals surface area contributed by atoms with Crippen LogP contribution in [0.4, 0.5) is 8.78 Å². The number of hydrogen-bond acceptors (Lipinski definition) is 4. The maximum absolute atomic E-state index is 12.1. The molecule has 1 amide bonds. The highest BCUT2D eigenvalue weighted by Gasteiger charge is 2.10. The minimum absolute atomic E-state index is 0.0795. The summed E-state index contributed by atoms with van der Waals surface area (Å²) < 4.78 is 33.6. The quantitative estimate of drug-likeness (QED) is 0.541. The van der Waals surface area contributed by atoms with Gasteiger partial charge in [0.1, 0.15) is 5.75 Å². The summed E-state index contributed by atoms with van der Waals surface area (Å²) >= 11 is 0. The van der Waals surface area contributed by atoms with Crippen molar-refractivity contribution in [3.8, 4) is 5.75 Å². The van der Waals surface area contributed by atoms with E-state index in [1.807, 2.05) is 42.5 Å². The SMILES string of the molecule is O=C(COC(=O)Cc1cccc2ccccc12)NCCc1ccc(OC(F)F)cc1. The highest BCUT2D eigenvalue weighted by molar-refractivity contribution is 5.89. The van der Waals surface area contributed by atoms with Gasteiger partial charge in [-0.15, -0.1) is 0 Å². The Hall–Kier alpha value is -3.48. The first kappa shape index (κ1) is 21.2. The van der Waals surface area contributed by atoms with Gasteiger partial charge in [-0.2, -0.15) is 8.78 Å². The van der Waals surface area contributed by atoms with Crippen LogP contribution in [-0.2, 0) is 27.2 Å². The number of esters is 1. The van der Waals surface area contributed by atoms with Crippen molar-refractivity contribution >= 4 is 22.6 Å². The number of halogens is 2. The third-order valence-electron chi connectivity index (χ3n) is 4.46. The number of alkyl halides is 2. The third kappa shape index (κ3) is 6.27. The van der Waals surface area contributed by atoms with Crippen LogP contribution in [-0.4, -0.2) is 31.6 Å². The molecule has 7 heteroatoms. The van der Waals surface area contributed by atoms with Crippen molar-refractivity contribution in [2.75, 3.05) is 13.2 Å². The second-order valence-electron chi connectivity index (χ2n) is 6.60. The lowest BCUT2D eigenvalue weighted by atomic mass is 10.0. The van der Waals surface area contributed by atoms with Crippen molar-refractivity contribution in [3.05, 3.63) is 77.9 Å². The molecule has 0 fully saturated rings. The molecule has 5 nitrogen and oxygen atoms in total. The Morgan fingerprint density at radius 3 is 2.43 bits per heavy atom. The number of benzene rings is 3. The zero-order chi connectivity index (χ0) is 21.3. The average molecular weight is 413 g/mol. The molecule has 30 heavy (non-hydrogen) atoms. The second kappa shape index (κ2) is 10.3. The number of nitrogens with one attached hydrogen (secondary N) is 1. The Balaban J connectivity index is 1.39. The molecular formula is C23H21F2NO4. The fourth-order valence-electron chi connectivity index (χ4n) is 3.03. The van der Waals surface area contributed by atoms with E-state index >= 15 is 0 Å². The number of carbonyl (C=O) groups excluding carboxylic acids is 2. The average Bonchev–Trinajstić information content (AvgIpc) is 2.73. The maximum Gasteiger partial charge on any atom is 0.387 e. The Bertz CT molecular complexity index is 1000. The lowest BCUT2D eigenvalue weighted by Gasteiger charge is -2.09. The minimum atomic E-state index is -2.86. The van der Waals surface area contributed by atoms with E-state index in [4.69, 9.17) is 4.74 Å². The fourth-order valence-corrected chi connectivity index (χ4v) is 3.03. The van der Waals surface area contributed by atoms with Crippen molar-refractivity contribution < 1.29 is 27.8 Å². The van der Waals surface area contributed by atoms with Gasteiger partial charge in [0.05, 0.1) is 6.42 Å². The predicted molar refractivity (Wildman–Crippen MR) is 108 cm³/mol. The van der Waals surface area contributed by atoms with Crippen LogP contribution in [0.2, 0.25) is 0 Å². The van der Waals surface area contributed by atoms with Crippen LogP contribution in [0.1, 0.15) is 11.1 Å². The van der Waals surface area contributed by atoms with Gasteiger partial charge >= 0.3 is 12.6 Å². The Morgan fingerprint density at radius 2 is 1.67 bits per heavy atom. The highest BCUT2D eigenvalue weighted by atomic mass is 19.3. The first-order valence-electron chi connectivity index (χ1n) is 9.44. The van der Waals surface area contributed by atoms with Crippen LogP contribution >= 0.6 is 0 Å². The molecule has 0 spiro atoms. The van der Waals surface area contributed by atoms with Crippen molar-refractivity contribution in [1.82, 2.24) is 5.32 Å². The first-order valence-corrected chi connectivity index (χ1v) is 9.44. The number of rotatable bonds is 9. The molecule has 0 aliphatic rings. The summed E-state index contributed by atoms with van der Waals surface area (Å²) in [6.07, 6.45) is 0.590. The second-order valence-corrected chi connectivity index (χ2v) is 6.60. The van der Waals surface area contributed by atoms with Crippen LogP contribution in [0.5, 0.6) is 5.75 Å². The number of carbonyl (C=O) groups is 2. The molecular weight excluding hydrogens is 392 g/mol.